The Morgan fingerprint density at radius 2 is 2.29 bits per heavy atom. The van der Waals surface area contributed by atoms with Crippen LogP contribution < -0.4 is 5.56 Å². The third-order valence-corrected chi connectivity index (χ3v) is 1.84. The Morgan fingerprint density at radius 3 is 2.79 bits per heavy atom. The van der Waals surface area contributed by atoms with Crippen LogP contribution in [0.3, 0.4) is 0 Å². The molecule has 4 nitrogen and oxygen atoms in total. The van der Waals surface area contributed by atoms with E-state index in [2.05, 4.69) is 5.10 Å². The third-order valence-electron chi connectivity index (χ3n) is 1.84. The molecule has 4 heteroatoms. The number of hydrogen-bond acceptors (Lipinski definition) is 3. The maximum absolute atomic E-state index is 11.4. The normalized spacial score (nSPS) is 10.2. The Labute approximate surface area is 82.8 Å². The largest absolute Gasteiger partial charge is 0.268 e. The van der Waals surface area contributed by atoms with Crippen molar-refractivity contribution in [3.05, 3.63) is 27.7 Å². The summed E-state index contributed by atoms with van der Waals surface area (Å²) in [5.74, 6) is 0.368. The topological polar surface area (TPSA) is 58.7 Å². The molecule has 0 bridgehead atoms. The van der Waals surface area contributed by atoms with Crippen LogP contribution in [0.4, 0.5) is 0 Å². The highest BCUT2D eigenvalue weighted by molar-refractivity contribution is 5.30. The molecule has 0 unspecified atom stereocenters. The van der Waals surface area contributed by atoms with Crippen molar-refractivity contribution in [3.8, 4) is 6.07 Å². The molecule has 0 saturated heterocycles. The van der Waals surface area contributed by atoms with E-state index in [4.69, 9.17) is 5.26 Å². The first-order valence-electron chi connectivity index (χ1n) is 4.53. The van der Waals surface area contributed by atoms with Crippen LogP contribution in [0.25, 0.3) is 0 Å². The lowest BCUT2D eigenvalue weighted by Gasteiger charge is -2.07. The van der Waals surface area contributed by atoms with Crippen LogP contribution in [0.15, 0.2) is 10.9 Å². The molecule has 0 aliphatic carbocycles. The molecule has 0 N–H and O–H groups in total. The summed E-state index contributed by atoms with van der Waals surface area (Å²) < 4.78 is 1.40. The molecule has 0 aliphatic rings. The number of rotatable bonds is 2. The van der Waals surface area contributed by atoms with Gasteiger partial charge in [-0.3, -0.25) is 4.79 Å². The van der Waals surface area contributed by atoms with Gasteiger partial charge >= 0.3 is 0 Å². The number of aryl methyl sites for hydroxylation is 1. The van der Waals surface area contributed by atoms with Crippen molar-refractivity contribution in [1.82, 2.24) is 9.78 Å². The zero-order chi connectivity index (χ0) is 10.7. The van der Waals surface area contributed by atoms with Crippen molar-refractivity contribution < 1.29 is 0 Å². The SMILES string of the molecule is Cc1nn(CC(C)C)c(=O)cc1C#N. The molecule has 1 aromatic heterocycles. The minimum absolute atomic E-state index is 0.208. The van der Waals surface area contributed by atoms with Crippen LogP contribution >= 0.6 is 0 Å². The second-order valence-electron chi connectivity index (χ2n) is 3.67. The van der Waals surface area contributed by atoms with Gasteiger partial charge in [-0.1, -0.05) is 13.8 Å². The molecule has 14 heavy (non-hydrogen) atoms. The fourth-order valence-corrected chi connectivity index (χ4v) is 1.18. The van der Waals surface area contributed by atoms with E-state index in [-0.39, 0.29) is 5.56 Å². The van der Waals surface area contributed by atoms with Crippen LogP contribution in [0, 0.1) is 24.2 Å². The molecule has 0 amide bonds. The van der Waals surface area contributed by atoms with Crippen molar-refractivity contribution in [1.29, 1.82) is 5.26 Å². The smallest absolute Gasteiger partial charge is 0.268 e. The number of hydrogen-bond donors (Lipinski definition) is 0. The average molecular weight is 191 g/mol. The Hall–Kier alpha value is -1.63. The highest BCUT2D eigenvalue weighted by atomic mass is 16.1. The van der Waals surface area contributed by atoms with Crippen molar-refractivity contribution >= 4 is 0 Å². The molecule has 1 aromatic rings. The first-order chi connectivity index (χ1) is 6.54. The lowest BCUT2D eigenvalue weighted by atomic mass is 10.2. The van der Waals surface area contributed by atoms with Gasteiger partial charge in [0.25, 0.3) is 5.56 Å². The molecule has 74 valence electrons. The second kappa shape index (κ2) is 4.05. The summed E-state index contributed by atoms with van der Waals surface area (Å²) in [5, 5.41) is 12.7. The Bertz CT molecular complexity index is 426. The van der Waals surface area contributed by atoms with Gasteiger partial charge in [-0.25, -0.2) is 4.68 Å². The van der Waals surface area contributed by atoms with Gasteiger partial charge in [0.2, 0.25) is 0 Å². The maximum atomic E-state index is 11.4. The standard InChI is InChI=1S/C10H13N3O/c1-7(2)6-13-10(14)4-9(5-11)8(3)12-13/h4,7H,6H2,1-3H3. The fraction of sp³-hybridized carbons (Fsp3) is 0.500. The van der Waals surface area contributed by atoms with Gasteiger partial charge in [0.05, 0.1) is 11.3 Å². The summed E-state index contributed by atoms with van der Waals surface area (Å²) in [6.07, 6.45) is 0. The van der Waals surface area contributed by atoms with E-state index in [1.54, 1.807) is 6.92 Å². The summed E-state index contributed by atoms with van der Waals surface area (Å²) in [6, 6.07) is 3.28. The van der Waals surface area contributed by atoms with Crippen molar-refractivity contribution in [2.75, 3.05) is 0 Å². The Morgan fingerprint density at radius 1 is 1.64 bits per heavy atom. The van der Waals surface area contributed by atoms with E-state index in [1.807, 2.05) is 19.9 Å². The summed E-state index contributed by atoms with van der Waals surface area (Å²) in [6.45, 7) is 6.35. The molecule has 1 heterocycles. The van der Waals surface area contributed by atoms with E-state index in [0.717, 1.165) is 0 Å². The molecule has 0 radical (unpaired) electrons. The molecule has 0 saturated carbocycles. The summed E-state index contributed by atoms with van der Waals surface area (Å²) in [5.41, 5.74) is 0.753. The van der Waals surface area contributed by atoms with Gasteiger partial charge in [0.15, 0.2) is 0 Å². The predicted molar refractivity (Wildman–Crippen MR) is 52.8 cm³/mol. The van der Waals surface area contributed by atoms with Gasteiger partial charge in [0.1, 0.15) is 6.07 Å². The summed E-state index contributed by atoms with van der Waals surface area (Å²) in [4.78, 5) is 11.4. The second-order valence-corrected chi connectivity index (χ2v) is 3.67. The predicted octanol–water partition coefficient (Wildman–Crippen LogP) is 1.08. The van der Waals surface area contributed by atoms with Gasteiger partial charge in [-0.05, 0) is 12.8 Å². The molecular formula is C10H13N3O. The first kappa shape index (κ1) is 10.5. The molecular weight excluding hydrogens is 178 g/mol. The van der Waals surface area contributed by atoms with Gasteiger partial charge in [0, 0.05) is 12.6 Å². The monoisotopic (exact) mass is 191 g/mol. The zero-order valence-corrected chi connectivity index (χ0v) is 8.61. The minimum Gasteiger partial charge on any atom is -0.268 e. The molecule has 0 fully saturated rings. The average Bonchev–Trinajstić information content (AvgIpc) is 2.10. The fourth-order valence-electron chi connectivity index (χ4n) is 1.18. The van der Waals surface area contributed by atoms with E-state index in [9.17, 15) is 4.79 Å². The van der Waals surface area contributed by atoms with E-state index in [1.165, 1.54) is 10.7 Å². The van der Waals surface area contributed by atoms with Crippen molar-refractivity contribution in [2.24, 2.45) is 5.92 Å². The molecule has 0 atom stereocenters. The summed E-state index contributed by atoms with van der Waals surface area (Å²) in [7, 11) is 0. The van der Waals surface area contributed by atoms with Crippen molar-refractivity contribution in [3.63, 3.8) is 0 Å². The van der Waals surface area contributed by atoms with Crippen LogP contribution in [0.5, 0.6) is 0 Å². The van der Waals surface area contributed by atoms with Crippen LogP contribution in [0.1, 0.15) is 25.1 Å². The van der Waals surface area contributed by atoms with Crippen LogP contribution in [-0.4, -0.2) is 9.78 Å². The highest BCUT2D eigenvalue weighted by Gasteiger charge is 2.05. The summed E-state index contributed by atoms with van der Waals surface area (Å²) >= 11 is 0. The molecule has 0 spiro atoms. The third kappa shape index (κ3) is 2.19. The van der Waals surface area contributed by atoms with Crippen molar-refractivity contribution in [2.45, 2.75) is 27.3 Å². The zero-order valence-electron chi connectivity index (χ0n) is 8.61. The van der Waals surface area contributed by atoms with Crippen LogP contribution in [-0.2, 0) is 6.54 Å². The Balaban J connectivity index is 3.17. The number of nitriles is 1. The quantitative estimate of drug-likeness (QED) is 0.702. The lowest BCUT2D eigenvalue weighted by Crippen LogP contribution is -2.25. The van der Waals surface area contributed by atoms with Gasteiger partial charge in [-0.15, -0.1) is 0 Å². The highest BCUT2D eigenvalue weighted by Crippen LogP contribution is 2.00. The number of nitrogens with zero attached hydrogens (tertiary/aromatic N) is 3. The number of aromatic nitrogens is 2. The molecule has 1 rings (SSSR count). The maximum Gasteiger partial charge on any atom is 0.268 e. The first-order valence-corrected chi connectivity index (χ1v) is 4.53. The van der Waals surface area contributed by atoms with E-state index >= 15 is 0 Å². The molecule has 0 aromatic carbocycles. The van der Waals surface area contributed by atoms with E-state index < -0.39 is 0 Å². The van der Waals surface area contributed by atoms with Gasteiger partial charge in [-0.2, -0.15) is 10.4 Å². The Kier molecular flexibility index (Phi) is 3.03. The van der Waals surface area contributed by atoms with Crippen LogP contribution in [0.2, 0.25) is 0 Å². The minimum atomic E-state index is -0.208. The van der Waals surface area contributed by atoms with E-state index in [0.29, 0.717) is 23.7 Å². The lowest BCUT2D eigenvalue weighted by molar-refractivity contribution is 0.460. The van der Waals surface area contributed by atoms with Gasteiger partial charge < -0.3 is 0 Å². The molecule has 0 aliphatic heterocycles.